The molecule has 0 radical (unpaired) electrons. The van der Waals surface area contributed by atoms with Gasteiger partial charge in [-0.05, 0) is 26.0 Å². The molecule has 1 aromatic rings. The summed E-state index contributed by atoms with van der Waals surface area (Å²) in [6, 6.07) is 7.12. The molecule has 0 saturated heterocycles. The van der Waals surface area contributed by atoms with E-state index in [9.17, 15) is 9.18 Å². The van der Waals surface area contributed by atoms with Crippen molar-refractivity contribution >= 4 is 11.5 Å². The molecule has 1 aromatic carbocycles. The molecule has 0 fully saturated rings. The standard InChI is InChI=1S/C11H14FNO/c1-8(12)7-13-11-6-4-3-5-10(11)9(2)14/h3-6,8,13H,7H2,1-2H3. The highest BCUT2D eigenvalue weighted by Gasteiger charge is 2.06. The van der Waals surface area contributed by atoms with Crippen LogP contribution in [0.5, 0.6) is 0 Å². The largest absolute Gasteiger partial charge is 0.382 e. The fourth-order valence-corrected chi connectivity index (χ4v) is 1.19. The number of carbonyl (C=O) groups is 1. The summed E-state index contributed by atoms with van der Waals surface area (Å²) in [6.07, 6.45) is -0.921. The molecular formula is C11H14FNO. The Labute approximate surface area is 83.1 Å². The molecule has 1 atom stereocenters. The zero-order chi connectivity index (χ0) is 10.6. The van der Waals surface area contributed by atoms with Gasteiger partial charge in [0.05, 0.1) is 0 Å². The Bertz CT molecular complexity index is 323. The molecule has 1 rings (SSSR count). The maximum atomic E-state index is 12.6. The van der Waals surface area contributed by atoms with Crippen LogP contribution in [0, 0.1) is 0 Å². The molecule has 0 aliphatic carbocycles. The van der Waals surface area contributed by atoms with Crippen molar-refractivity contribution in [1.82, 2.24) is 0 Å². The Hall–Kier alpha value is -1.38. The van der Waals surface area contributed by atoms with E-state index in [1.54, 1.807) is 18.2 Å². The second-order valence-electron chi connectivity index (χ2n) is 3.26. The smallest absolute Gasteiger partial charge is 0.161 e. The van der Waals surface area contributed by atoms with E-state index in [-0.39, 0.29) is 12.3 Å². The first-order valence-electron chi connectivity index (χ1n) is 4.59. The number of para-hydroxylation sites is 1. The Morgan fingerprint density at radius 2 is 2.14 bits per heavy atom. The van der Waals surface area contributed by atoms with Gasteiger partial charge in [0.25, 0.3) is 0 Å². The molecule has 0 saturated carbocycles. The van der Waals surface area contributed by atoms with Crippen molar-refractivity contribution in [2.45, 2.75) is 20.0 Å². The maximum absolute atomic E-state index is 12.6. The topological polar surface area (TPSA) is 29.1 Å². The number of nitrogens with one attached hydrogen (secondary N) is 1. The van der Waals surface area contributed by atoms with Gasteiger partial charge in [-0.1, -0.05) is 12.1 Å². The minimum Gasteiger partial charge on any atom is -0.382 e. The molecule has 76 valence electrons. The van der Waals surface area contributed by atoms with E-state index in [1.165, 1.54) is 13.8 Å². The van der Waals surface area contributed by atoms with Crippen molar-refractivity contribution in [1.29, 1.82) is 0 Å². The van der Waals surface area contributed by atoms with E-state index >= 15 is 0 Å². The van der Waals surface area contributed by atoms with Gasteiger partial charge in [0.15, 0.2) is 5.78 Å². The lowest BCUT2D eigenvalue weighted by atomic mass is 10.1. The third kappa shape index (κ3) is 2.83. The number of carbonyl (C=O) groups excluding carboxylic acids is 1. The summed E-state index contributed by atoms with van der Waals surface area (Å²) < 4.78 is 12.6. The molecule has 2 nitrogen and oxygen atoms in total. The average Bonchev–Trinajstić information content (AvgIpc) is 2.15. The van der Waals surface area contributed by atoms with Crippen LogP contribution in [0.25, 0.3) is 0 Å². The number of alkyl halides is 1. The van der Waals surface area contributed by atoms with E-state index in [0.717, 1.165) is 0 Å². The van der Waals surface area contributed by atoms with Crippen LogP contribution in [-0.4, -0.2) is 18.5 Å². The number of hydrogen-bond acceptors (Lipinski definition) is 2. The van der Waals surface area contributed by atoms with Crippen LogP contribution >= 0.6 is 0 Å². The quantitative estimate of drug-likeness (QED) is 0.748. The van der Waals surface area contributed by atoms with Crippen molar-refractivity contribution < 1.29 is 9.18 Å². The normalized spacial score (nSPS) is 12.2. The van der Waals surface area contributed by atoms with Gasteiger partial charge in [-0.25, -0.2) is 4.39 Å². The first kappa shape index (κ1) is 10.7. The summed E-state index contributed by atoms with van der Waals surface area (Å²) in [5.41, 5.74) is 1.30. The first-order chi connectivity index (χ1) is 6.61. The third-order valence-corrected chi connectivity index (χ3v) is 1.88. The van der Waals surface area contributed by atoms with E-state index < -0.39 is 6.17 Å². The van der Waals surface area contributed by atoms with Crippen molar-refractivity contribution in [2.24, 2.45) is 0 Å². The van der Waals surface area contributed by atoms with Crippen molar-refractivity contribution in [3.05, 3.63) is 29.8 Å². The number of ketones is 1. The Morgan fingerprint density at radius 3 is 2.71 bits per heavy atom. The second kappa shape index (κ2) is 4.74. The highest BCUT2D eigenvalue weighted by atomic mass is 19.1. The van der Waals surface area contributed by atoms with Gasteiger partial charge in [-0.15, -0.1) is 0 Å². The van der Waals surface area contributed by atoms with Gasteiger partial charge in [-0.2, -0.15) is 0 Å². The minimum atomic E-state index is -0.921. The van der Waals surface area contributed by atoms with E-state index in [0.29, 0.717) is 11.3 Å². The summed E-state index contributed by atoms with van der Waals surface area (Å²) >= 11 is 0. The summed E-state index contributed by atoms with van der Waals surface area (Å²) in [4.78, 5) is 11.2. The number of halogens is 1. The van der Waals surface area contributed by atoms with Crippen LogP contribution in [-0.2, 0) is 0 Å². The highest BCUT2D eigenvalue weighted by molar-refractivity contribution is 5.99. The van der Waals surface area contributed by atoms with E-state index in [1.807, 2.05) is 6.07 Å². The van der Waals surface area contributed by atoms with E-state index in [2.05, 4.69) is 5.32 Å². The molecule has 1 unspecified atom stereocenters. The zero-order valence-electron chi connectivity index (χ0n) is 8.38. The summed E-state index contributed by atoms with van der Waals surface area (Å²) in [5.74, 6) is -0.0142. The molecule has 3 heteroatoms. The van der Waals surface area contributed by atoms with Gasteiger partial charge in [0, 0.05) is 17.8 Å². The Morgan fingerprint density at radius 1 is 1.50 bits per heavy atom. The van der Waals surface area contributed by atoms with Crippen LogP contribution in [0.3, 0.4) is 0 Å². The molecule has 0 spiro atoms. The van der Waals surface area contributed by atoms with Crippen molar-refractivity contribution in [2.75, 3.05) is 11.9 Å². The Kier molecular flexibility index (Phi) is 3.63. The van der Waals surface area contributed by atoms with Crippen LogP contribution in [0.1, 0.15) is 24.2 Å². The van der Waals surface area contributed by atoms with Crippen LogP contribution in [0.4, 0.5) is 10.1 Å². The molecule has 0 aromatic heterocycles. The maximum Gasteiger partial charge on any atom is 0.161 e. The minimum absolute atomic E-state index is 0.0142. The van der Waals surface area contributed by atoms with Gasteiger partial charge >= 0.3 is 0 Å². The van der Waals surface area contributed by atoms with E-state index in [4.69, 9.17) is 0 Å². The van der Waals surface area contributed by atoms with Crippen LogP contribution in [0.2, 0.25) is 0 Å². The lowest BCUT2D eigenvalue weighted by Crippen LogP contribution is -2.13. The number of rotatable bonds is 4. The molecule has 0 aliphatic rings. The third-order valence-electron chi connectivity index (χ3n) is 1.88. The average molecular weight is 195 g/mol. The zero-order valence-corrected chi connectivity index (χ0v) is 8.38. The number of Topliss-reactive ketones (excluding diaryl/α,β-unsaturated/α-hetero) is 1. The monoisotopic (exact) mass is 195 g/mol. The lowest BCUT2D eigenvalue weighted by molar-refractivity contribution is 0.101. The fraction of sp³-hybridized carbons (Fsp3) is 0.364. The molecule has 0 aliphatic heterocycles. The molecule has 14 heavy (non-hydrogen) atoms. The molecule has 0 amide bonds. The van der Waals surface area contributed by atoms with Crippen LogP contribution in [0.15, 0.2) is 24.3 Å². The number of hydrogen-bond donors (Lipinski definition) is 1. The number of benzene rings is 1. The van der Waals surface area contributed by atoms with Crippen molar-refractivity contribution in [3.63, 3.8) is 0 Å². The fourth-order valence-electron chi connectivity index (χ4n) is 1.19. The van der Waals surface area contributed by atoms with Gasteiger partial charge in [0.1, 0.15) is 6.17 Å². The highest BCUT2D eigenvalue weighted by Crippen LogP contribution is 2.15. The summed E-state index contributed by atoms with van der Waals surface area (Å²) in [5, 5.41) is 2.90. The Balaban J connectivity index is 2.79. The van der Waals surface area contributed by atoms with Crippen LogP contribution < -0.4 is 5.32 Å². The van der Waals surface area contributed by atoms with Crippen molar-refractivity contribution in [3.8, 4) is 0 Å². The molecular weight excluding hydrogens is 181 g/mol. The second-order valence-corrected chi connectivity index (χ2v) is 3.26. The van der Waals surface area contributed by atoms with Gasteiger partial charge < -0.3 is 5.32 Å². The van der Waals surface area contributed by atoms with Gasteiger partial charge in [-0.3, -0.25) is 4.79 Å². The predicted molar refractivity (Wildman–Crippen MR) is 55.5 cm³/mol. The molecule has 0 heterocycles. The summed E-state index contributed by atoms with van der Waals surface area (Å²) in [6.45, 7) is 3.20. The van der Waals surface area contributed by atoms with Gasteiger partial charge in [0.2, 0.25) is 0 Å². The summed E-state index contributed by atoms with van der Waals surface area (Å²) in [7, 11) is 0. The predicted octanol–water partition coefficient (Wildman–Crippen LogP) is 2.66. The SMILES string of the molecule is CC(=O)c1ccccc1NCC(C)F. The lowest BCUT2D eigenvalue weighted by Gasteiger charge is -2.10. The molecule has 0 bridgehead atoms. The molecule has 1 N–H and O–H groups in total. The first-order valence-corrected chi connectivity index (χ1v) is 4.59. The number of anilines is 1.